The fourth-order valence-corrected chi connectivity index (χ4v) is 1.13. The van der Waals surface area contributed by atoms with Crippen molar-refractivity contribution >= 4 is 23.2 Å². The number of ether oxygens (including phenoxy) is 1. The molecule has 4 heteroatoms. The van der Waals surface area contributed by atoms with Crippen molar-refractivity contribution in [1.29, 1.82) is 0 Å². The zero-order valence-electron chi connectivity index (χ0n) is 6.40. The van der Waals surface area contributed by atoms with Gasteiger partial charge in [0.15, 0.2) is 0 Å². The van der Waals surface area contributed by atoms with Crippen LogP contribution >= 0.6 is 23.2 Å². The zero-order valence-corrected chi connectivity index (χ0v) is 7.92. The van der Waals surface area contributed by atoms with Crippen molar-refractivity contribution in [1.82, 2.24) is 0 Å². The molecular formula is C8H7Cl2FO. The number of halogens is 3. The van der Waals surface area contributed by atoms with Crippen LogP contribution in [0.4, 0.5) is 4.39 Å². The second-order valence-electron chi connectivity index (χ2n) is 2.13. The summed E-state index contributed by atoms with van der Waals surface area (Å²) in [6, 6.07) is 2.50. The van der Waals surface area contributed by atoms with Crippen molar-refractivity contribution in [2.75, 3.05) is 6.61 Å². The van der Waals surface area contributed by atoms with Gasteiger partial charge in [-0.1, -0.05) is 23.2 Å². The third kappa shape index (κ3) is 2.02. The topological polar surface area (TPSA) is 9.23 Å². The molecule has 1 aromatic rings. The van der Waals surface area contributed by atoms with Gasteiger partial charge in [-0.3, -0.25) is 0 Å². The van der Waals surface area contributed by atoms with Crippen LogP contribution in [0.5, 0.6) is 5.75 Å². The van der Waals surface area contributed by atoms with Gasteiger partial charge in [0, 0.05) is 6.07 Å². The molecule has 0 aliphatic carbocycles. The summed E-state index contributed by atoms with van der Waals surface area (Å²) in [4.78, 5) is 0. The Kier molecular flexibility index (Phi) is 3.18. The molecule has 0 saturated carbocycles. The molecule has 1 nitrogen and oxygen atoms in total. The lowest BCUT2D eigenvalue weighted by Gasteiger charge is -2.05. The molecule has 0 aromatic heterocycles. The van der Waals surface area contributed by atoms with Crippen molar-refractivity contribution in [3.8, 4) is 5.75 Å². The maximum atomic E-state index is 12.7. The van der Waals surface area contributed by atoms with E-state index >= 15 is 0 Å². The lowest BCUT2D eigenvalue weighted by atomic mass is 10.3. The van der Waals surface area contributed by atoms with Gasteiger partial charge < -0.3 is 4.74 Å². The van der Waals surface area contributed by atoms with Gasteiger partial charge >= 0.3 is 0 Å². The van der Waals surface area contributed by atoms with Crippen molar-refractivity contribution in [3.05, 3.63) is 28.0 Å². The minimum Gasteiger partial charge on any atom is -0.492 e. The molecule has 0 fully saturated rings. The predicted molar refractivity (Wildman–Crippen MR) is 47.6 cm³/mol. The summed E-state index contributed by atoms with van der Waals surface area (Å²) in [6.45, 7) is 2.29. The van der Waals surface area contributed by atoms with Gasteiger partial charge in [-0.15, -0.1) is 0 Å². The van der Waals surface area contributed by atoms with Gasteiger partial charge in [0.25, 0.3) is 0 Å². The Bertz CT molecular complexity index is 289. The van der Waals surface area contributed by atoms with E-state index in [4.69, 9.17) is 27.9 Å². The summed E-state index contributed by atoms with van der Waals surface area (Å²) in [5.74, 6) is -0.129. The molecule has 0 N–H and O–H groups in total. The van der Waals surface area contributed by atoms with E-state index < -0.39 is 5.82 Å². The molecule has 0 radical (unpaired) electrons. The van der Waals surface area contributed by atoms with Crippen molar-refractivity contribution < 1.29 is 9.13 Å². The Morgan fingerprint density at radius 1 is 1.33 bits per heavy atom. The van der Waals surface area contributed by atoms with Gasteiger partial charge in [-0.05, 0) is 13.0 Å². The molecule has 1 rings (SSSR count). The van der Waals surface area contributed by atoms with E-state index in [0.29, 0.717) is 12.4 Å². The third-order valence-electron chi connectivity index (χ3n) is 1.27. The lowest BCUT2D eigenvalue weighted by molar-refractivity contribution is 0.340. The van der Waals surface area contributed by atoms with E-state index in [0.717, 1.165) is 6.07 Å². The summed E-state index contributed by atoms with van der Waals surface area (Å²) in [7, 11) is 0. The zero-order chi connectivity index (χ0) is 9.14. The van der Waals surface area contributed by atoms with Gasteiger partial charge in [0.05, 0.1) is 16.7 Å². The van der Waals surface area contributed by atoms with E-state index in [1.807, 2.05) is 6.92 Å². The van der Waals surface area contributed by atoms with E-state index in [-0.39, 0.29) is 10.0 Å². The van der Waals surface area contributed by atoms with E-state index in [2.05, 4.69) is 0 Å². The Hall–Kier alpha value is -0.470. The largest absolute Gasteiger partial charge is 0.492 e. The lowest BCUT2D eigenvalue weighted by Crippen LogP contribution is -1.92. The van der Waals surface area contributed by atoms with Crippen LogP contribution in [0.25, 0.3) is 0 Å². The molecule has 12 heavy (non-hydrogen) atoms. The molecule has 0 atom stereocenters. The number of hydrogen-bond acceptors (Lipinski definition) is 1. The molecule has 0 unspecified atom stereocenters. The summed E-state index contributed by atoms with van der Waals surface area (Å²) >= 11 is 11.2. The van der Waals surface area contributed by atoms with Crippen LogP contribution in [0.1, 0.15) is 6.92 Å². The molecule has 0 aliphatic rings. The maximum absolute atomic E-state index is 12.7. The average Bonchev–Trinajstić information content (AvgIpc) is 2.01. The Morgan fingerprint density at radius 2 is 2.00 bits per heavy atom. The van der Waals surface area contributed by atoms with Crippen LogP contribution < -0.4 is 4.74 Å². The highest BCUT2D eigenvalue weighted by molar-refractivity contribution is 6.34. The minimum atomic E-state index is -0.537. The van der Waals surface area contributed by atoms with Gasteiger partial charge in [-0.2, -0.15) is 0 Å². The Labute approximate surface area is 80.0 Å². The SMILES string of the molecule is CCOc1cc(Cl)c(F)cc1Cl. The van der Waals surface area contributed by atoms with Crippen molar-refractivity contribution in [2.24, 2.45) is 0 Å². The highest BCUT2D eigenvalue weighted by atomic mass is 35.5. The van der Waals surface area contributed by atoms with Gasteiger partial charge in [0.1, 0.15) is 11.6 Å². The van der Waals surface area contributed by atoms with E-state index in [9.17, 15) is 4.39 Å². The molecule has 0 bridgehead atoms. The molecule has 0 amide bonds. The monoisotopic (exact) mass is 208 g/mol. The molecule has 0 heterocycles. The highest BCUT2D eigenvalue weighted by Crippen LogP contribution is 2.29. The number of benzene rings is 1. The second kappa shape index (κ2) is 3.97. The van der Waals surface area contributed by atoms with Gasteiger partial charge in [0.2, 0.25) is 0 Å². The molecule has 0 aliphatic heterocycles. The fraction of sp³-hybridized carbons (Fsp3) is 0.250. The first-order valence-corrected chi connectivity index (χ1v) is 4.18. The summed E-state index contributed by atoms with van der Waals surface area (Å²) in [5, 5.41) is 0.251. The standard InChI is InChI=1S/C8H7Cl2FO/c1-2-12-8-4-5(9)7(11)3-6(8)10/h3-4H,2H2,1H3. The maximum Gasteiger partial charge on any atom is 0.143 e. The minimum absolute atomic E-state index is 0.0165. The summed E-state index contributed by atoms with van der Waals surface area (Å²) < 4.78 is 17.8. The van der Waals surface area contributed by atoms with Gasteiger partial charge in [-0.25, -0.2) is 4.39 Å². The summed E-state index contributed by atoms with van der Waals surface area (Å²) in [6.07, 6.45) is 0. The first-order valence-electron chi connectivity index (χ1n) is 3.42. The Balaban J connectivity index is 3.05. The Morgan fingerprint density at radius 3 is 2.58 bits per heavy atom. The highest BCUT2D eigenvalue weighted by Gasteiger charge is 2.06. The second-order valence-corrected chi connectivity index (χ2v) is 2.94. The number of hydrogen-bond donors (Lipinski definition) is 0. The first-order chi connectivity index (χ1) is 5.65. The van der Waals surface area contributed by atoms with E-state index in [1.165, 1.54) is 6.07 Å². The van der Waals surface area contributed by atoms with Crippen LogP contribution in [0.15, 0.2) is 12.1 Å². The quantitative estimate of drug-likeness (QED) is 0.677. The molecule has 0 saturated heterocycles. The fourth-order valence-electron chi connectivity index (χ4n) is 0.770. The van der Waals surface area contributed by atoms with Crippen LogP contribution in [0.3, 0.4) is 0 Å². The van der Waals surface area contributed by atoms with E-state index in [1.54, 1.807) is 0 Å². The van der Waals surface area contributed by atoms with Crippen molar-refractivity contribution in [2.45, 2.75) is 6.92 Å². The number of rotatable bonds is 2. The smallest absolute Gasteiger partial charge is 0.143 e. The van der Waals surface area contributed by atoms with Crippen molar-refractivity contribution in [3.63, 3.8) is 0 Å². The normalized spacial score (nSPS) is 10.0. The molecule has 0 spiro atoms. The third-order valence-corrected chi connectivity index (χ3v) is 1.86. The molecular weight excluding hydrogens is 202 g/mol. The average molecular weight is 209 g/mol. The van der Waals surface area contributed by atoms with Crippen LogP contribution in [-0.2, 0) is 0 Å². The predicted octanol–water partition coefficient (Wildman–Crippen LogP) is 3.53. The molecule has 1 aromatic carbocycles. The first kappa shape index (κ1) is 9.62. The molecule has 66 valence electrons. The van der Waals surface area contributed by atoms with Crippen LogP contribution in [0.2, 0.25) is 10.0 Å². The summed E-state index contributed by atoms with van der Waals surface area (Å²) in [5.41, 5.74) is 0. The van der Waals surface area contributed by atoms with Crippen LogP contribution in [0, 0.1) is 5.82 Å². The van der Waals surface area contributed by atoms with Crippen LogP contribution in [-0.4, -0.2) is 6.61 Å².